The number of anilines is 2. The van der Waals surface area contributed by atoms with E-state index in [1.165, 1.54) is 12.4 Å². The van der Waals surface area contributed by atoms with Crippen molar-refractivity contribution >= 4 is 34.4 Å². The summed E-state index contributed by atoms with van der Waals surface area (Å²) in [5.41, 5.74) is 11.6. The number of hydrogen-bond donors (Lipinski definition) is 2. The molecule has 4 aromatic rings. The SMILES string of the molecule is C=CC(=O)Nc1ccc(-c2c(-c3ccc(C(=O)N4CCCC4)c(OC)c3)c3c(N)ncnc3n2C)cc1. The summed E-state index contributed by atoms with van der Waals surface area (Å²) in [4.78, 5) is 35.4. The highest BCUT2D eigenvalue weighted by atomic mass is 16.5. The van der Waals surface area contributed by atoms with Gasteiger partial charge in [0.25, 0.3) is 5.91 Å². The van der Waals surface area contributed by atoms with Crippen LogP contribution in [0.1, 0.15) is 23.2 Å². The predicted molar refractivity (Wildman–Crippen MR) is 144 cm³/mol. The molecule has 1 saturated heterocycles. The van der Waals surface area contributed by atoms with E-state index >= 15 is 0 Å². The van der Waals surface area contributed by atoms with E-state index in [1.807, 2.05) is 59.0 Å². The molecule has 3 N–H and O–H groups in total. The molecular formula is C28H28N6O3. The number of nitrogens with two attached hydrogens (primary N) is 1. The molecule has 0 saturated carbocycles. The van der Waals surface area contributed by atoms with Crippen molar-refractivity contribution in [3.8, 4) is 28.1 Å². The first-order chi connectivity index (χ1) is 17.9. The van der Waals surface area contributed by atoms with Crippen LogP contribution in [0.2, 0.25) is 0 Å². The van der Waals surface area contributed by atoms with E-state index in [0.717, 1.165) is 48.3 Å². The van der Waals surface area contributed by atoms with Crippen LogP contribution in [0.3, 0.4) is 0 Å². The standard InChI is InChI=1S/C28H28N6O3/c1-4-22(35)32-19-10-7-17(8-11-19)25-23(24-26(29)30-16-31-27(24)33(25)2)18-9-12-20(21(15-18)37-3)28(36)34-13-5-6-14-34/h4,7-12,15-16H,1,5-6,13-14H2,2-3H3,(H,32,35)(H2,29,30,31). The van der Waals surface area contributed by atoms with Gasteiger partial charge in [0.15, 0.2) is 0 Å². The summed E-state index contributed by atoms with van der Waals surface area (Å²) in [6.45, 7) is 5.01. The number of nitrogen functional groups attached to an aromatic ring is 1. The Labute approximate surface area is 214 Å². The molecule has 0 atom stereocenters. The van der Waals surface area contributed by atoms with Crippen LogP contribution in [0.4, 0.5) is 11.5 Å². The number of carbonyl (C=O) groups is 2. The Balaban J connectivity index is 1.67. The summed E-state index contributed by atoms with van der Waals surface area (Å²) in [6, 6.07) is 13.1. The summed E-state index contributed by atoms with van der Waals surface area (Å²) < 4.78 is 7.65. The first-order valence-electron chi connectivity index (χ1n) is 12.0. The normalized spacial score (nSPS) is 13.1. The van der Waals surface area contributed by atoms with Crippen molar-refractivity contribution in [2.75, 3.05) is 31.2 Å². The number of aryl methyl sites for hydroxylation is 1. The van der Waals surface area contributed by atoms with Crippen molar-refractivity contribution in [2.24, 2.45) is 7.05 Å². The van der Waals surface area contributed by atoms with Crippen LogP contribution in [-0.2, 0) is 11.8 Å². The van der Waals surface area contributed by atoms with Gasteiger partial charge in [0.05, 0.1) is 23.8 Å². The van der Waals surface area contributed by atoms with Crippen molar-refractivity contribution in [1.29, 1.82) is 0 Å². The molecule has 0 radical (unpaired) electrons. The third-order valence-corrected chi connectivity index (χ3v) is 6.72. The summed E-state index contributed by atoms with van der Waals surface area (Å²) in [5.74, 6) is 0.541. The van der Waals surface area contributed by atoms with Gasteiger partial charge in [0, 0.05) is 31.4 Å². The molecule has 0 unspecified atom stereocenters. The minimum atomic E-state index is -0.281. The first kappa shape index (κ1) is 24.1. The van der Waals surface area contributed by atoms with Gasteiger partial charge in [0.2, 0.25) is 5.91 Å². The molecule has 1 aliphatic heterocycles. The van der Waals surface area contributed by atoms with Gasteiger partial charge in [-0.2, -0.15) is 0 Å². The highest BCUT2D eigenvalue weighted by molar-refractivity contribution is 6.08. The molecule has 0 spiro atoms. The first-order valence-corrected chi connectivity index (χ1v) is 12.0. The zero-order valence-electron chi connectivity index (χ0n) is 20.8. The highest BCUT2D eigenvalue weighted by Gasteiger charge is 2.26. The number of rotatable bonds is 6. The van der Waals surface area contributed by atoms with Crippen molar-refractivity contribution in [2.45, 2.75) is 12.8 Å². The molecule has 1 fully saturated rings. The fourth-order valence-corrected chi connectivity index (χ4v) is 4.91. The Morgan fingerprint density at radius 1 is 1.08 bits per heavy atom. The third-order valence-electron chi connectivity index (χ3n) is 6.72. The number of amides is 2. The molecule has 9 nitrogen and oxygen atoms in total. The van der Waals surface area contributed by atoms with Crippen molar-refractivity contribution < 1.29 is 14.3 Å². The van der Waals surface area contributed by atoms with Gasteiger partial charge in [-0.25, -0.2) is 9.97 Å². The van der Waals surface area contributed by atoms with Gasteiger partial charge in [-0.1, -0.05) is 24.8 Å². The Morgan fingerprint density at radius 2 is 1.78 bits per heavy atom. The minimum absolute atomic E-state index is 0.0287. The van der Waals surface area contributed by atoms with Crippen molar-refractivity contribution in [3.63, 3.8) is 0 Å². The lowest BCUT2D eigenvalue weighted by Gasteiger charge is -2.18. The Bertz CT molecular complexity index is 1520. The quantitative estimate of drug-likeness (QED) is 0.386. The Hall–Kier alpha value is -4.66. The Morgan fingerprint density at radius 3 is 2.46 bits per heavy atom. The topological polar surface area (TPSA) is 115 Å². The fourth-order valence-electron chi connectivity index (χ4n) is 4.91. The van der Waals surface area contributed by atoms with E-state index in [4.69, 9.17) is 10.5 Å². The minimum Gasteiger partial charge on any atom is -0.496 e. The lowest BCUT2D eigenvalue weighted by Crippen LogP contribution is -2.27. The lowest BCUT2D eigenvalue weighted by atomic mass is 9.97. The molecule has 2 aromatic heterocycles. The molecule has 3 heterocycles. The largest absolute Gasteiger partial charge is 0.496 e. The smallest absolute Gasteiger partial charge is 0.257 e. The molecule has 5 rings (SSSR count). The maximum absolute atomic E-state index is 13.1. The molecule has 9 heteroatoms. The fraction of sp³-hybridized carbons (Fsp3) is 0.214. The van der Waals surface area contributed by atoms with Crippen molar-refractivity contribution in [1.82, 2.24) is 19.4 Å². The lowest BCUT2D eigenvalue weighted by molar-refractivity contribution is -0.111. The van der Waals surface area contributed by atoms with E-state index in [2.05, 4.69) is 21.9 Å². The van der Waals surface area contributed by atoms with Crippen LogP contribution in [-0.4, -0.2) is 51.4 Å². The number of fused-ring (bicyclic) bond motifs is 1. The second kappa shape index (κ2) is 9.77. The molecule has 2 aromatic carbocycles. The van der Waals surface area contributed by atoms with Gasteiger partial charge in [-0.3, -0.25) is 9.59 Å². The number of nitrogens with one attached hydrogen (secondary N) is 1. The predicted octanol–water partition coefficient (Wildman–Crippen LogP) is 4.25. The third kappa shape index (κ3) is 4.29. The van der Waals surface area contributed by atoms with E-state index < -0.39 is 0 Å². The number of likely N-dealkylation sites (tertiary alicyclic amines) is 1. The van der Waals surface area contributed by atoms with Crippen LogP contribution in [0, 0.1) is 0 Å². The van der Waals surface area contributed by atoms with Crippen LogP contribution >= 0.6 is 0 Å². The highest BCUT2D eigenvalue weighted by Crippen LogP contribution is 2.43. The number of nitrogens with zero attached hydrogens (tertiary/aromatic N) is 4. The molecule has 37 heavy (non-hydrogen) atoms. The number of benzene rings is 2. The number of carbonyl (C=O) groups excluding carboxylic acids is 2. The molecule has 188 valence electrons. The van der Waals surface area contributed by atoms with E-state index in [1.54, 1.807) is 7.11 Å². The number of ether oxygens (including phenoxy) is 1. The second-order valence-electron chi connectivity index (χ2n) is 8.93. The summed E-state index contributed by atoms with van der Waals surface area (Å²) in [5, 5.41) is 3.48. The maximum atomic E-state index is 13.1. The number of aromatic nitrogens is 3. The van der Waals surface area contributed by atoms with E-state index in [-0.39, 0.29) is 11.8 Å². The van der Waals surface area contributed by atoms with Gasteiger partial charge >= 0.3 is 0 Å². The van der Waals surface area contributed by atoms with Crippen LogP contribution in [0.5, 0.6) is 5.75 Å². The molecule has 0 aliphatic carbocycles. The summed E-state index contributed by atoms with van der Waals surface area (Å²) >= 11 is 0. The monoisotopic (exact) mass is 496 g/mol. The average molecular weight is 497 g/mol. The summed E-state index contributed by atoms with van der Waals surface area (Å²) in [6.07, 6.45) is 4.70. The maximum Gasteiger partial charge on any atom is 0.257 e. The molecule has 1 aliphatic rings. The van der Waals surface area contributed by atoms with Gasteiger partial charge in [0.1, 0.15) is 23.5 Å². The summed E-state index contributed by atoms with van der Waals surface area (Å²) in [7, 11) is 3.49. The molecule has 2 amide bonds. The zero-order valence-corrected chi connectivity index (χ0v) is 20.8. The van der Waals surface area contributed by atoms with E-state index in [9.17, 15) is 9.59 Å². The van der Waals surface area contributed by atoms with Gasteiger partial charge in [-0.15, -0.1) is 0 Å². The van der Waals surface area contributed by atoms with E-state index in [0.29, 0.717) is 33.9 Å². The Kier molecular flexibility index (Phi) is 6.35. The molecular weight excluding hydrogens is 468 g/mol. The zero-order chi connectivity index (χ0) is 26.1. The second-order valence-corrected chi connectivity index (χ2v) is 8.93. The van der Waals surface area contributed by atoms with Gasteiger partial charge in [-0.05, 0) is 54.3 Å². The van der Waals surface area contributed by atoms with Gasteiger partial charge < -0.3 is 25.3 Å². The number of hydrogen-bond acceptors (Lipinski definition) is 6. The van der Waals surface area contributed by atoms with Crippen LogP contribution in [0.15, 0.2) is 61.4 Å². The van der Waals surface area contributed by atoms with Crippen LogP contribution < -0.4 is 15.8 Å². The number of methoxy groups -OCH3 is 1. The van der Waals surface area contributed by atoms with Crippen molar-refractivity contribution in [3.05, 3.63) is 67.0 Å². The molecule has 0 bridgehead atoms. The average Bonchev–Trinajstić information content (AvgIpc) is 3.56. The van der Waals surface area contributed by atoms with Crippen LogP contribution in [0.25, 0.3) is 33.4 Å².